The van der Waals surface area contributed by atoms with Crippen LogP contribution in [0.5, 0.6) is 0 Å². The molecule has 0 radical (unpaired) electrons. The maximum Gasteiger partial charge on any atom is 0.339 e. The number of methoxy groups -OCH3 is 1. The quantitative estimate of drug-likeness (QED) is 0.740. The third kappa shape index (κ3) is 2.49. The average Bonchev–Trinajstić information content (AvgIpc) is 2.23. The summed E-state index contributed by atoms with van der Waals surface area (Å²) in [4.78, 5) is 22.9. The predicted octanol–water partition coefficient (Wildman–Crippen LogP) is 0.0807. The van der Waals surface area contributed by atoms with Crippen molar-refractivity contribution in [3.8, 4) is 0 Å². The Hall–Kier alpha value is -1.62. The van der Waals surface area contributed by atoms with Crippen LogP contribution in [-0.2, 0) is 16.1 Å². The van der Waals surface area contributed by atoms with Crippen molar-refractivity contribution in [2.24, 2.45) is 0 Å². The summed E-state index contributed by atoms with van der Waals surface area (Å²) in [6, 6.07) is 3.36. The van der Waals surface area contributed by atoms with E-state index in [2.05, 4.69) is 4.74 Å². The van der Waals surface area contributed by atoms with E-state index in [1.54, 1.807) is 19.1 Å². The molecule has 0 amide bonds. The first-order chi connectivity index (χ1) is 7.38. The standard InChI is InChI=1S/C11H15NO4/c1-8-5-4-6-12(9(8)13)7-11(2,15)10(14)16-3/h4-6,15H,7H2,1-3H3. The SMILES string of the molecule is COC(=O)C(C)(O)Cn1cccc(C)c1=O. The van der Waals surface area contributed by atoms with E-state index in [0.29, 0.717) is 5.56 Å². The average molecular weight is 225 g/mol. The molecule has 0 saturated carbocycles. The van der Waals surface area contributed by atoms with Crippen LogP contribution in [-0.4, -0.2) is 28.4 Å². The Morgan fingerprint density at radius 2 is 2.25 bits per heavy atom. The van der Waals surface area contributed by atoms with Crippen LogP contribution in [0.3, 0.4) is 0 Å². The number of aryl methyl sites for hydroxylation is 1. The van der Waals surface area contributed by atoms with Gasteiger partial charge in [0.15, 0.2) is 5.60 Å². The van der Waals surface area contributed by atoms with Gasteiger partial charge in [-0.3, -0.25) is 4.79 Å². The number of carbonyl (C=O) groups is 1. The van der Waals surface area contributed by atoms with E-state index in [0.717, 1.165) is 0 Å². The summed E-state index contributed by atoms with van der Waals surface area (Å²) in [6.07, 6.45) is 1.52. The Balaban J connectivity index is 3.01. The van der Waals surface area contributed by atoms with Crippen LogP contribution < -0.4 is 5.56 Å². The number of aliphatic hydroxyl groups is 1. The molecule has 0 aromatic carbocycles. The zero-order valence-corrected chi connectivity index (χ0v) is 9.56. The summed E-state index contributed by atoms with van der Waals surface area (Å²) in [5, 5.41) is 9.82. The normalized spacial score (nSPS) is 14.2. The van der Waals surface area contributed by atoms with Crippen molar-refractivity contribution in [1.29, 1.82) is 0 Å². The molecule has 5 heteroatoms. The van der Waals surface area contributed by atoms with Crippen molar-refractivity contribution >= 4 is 5.97 Å². The highest BCUT2D eigenvalue weighted by atomic mass is 16.5. The summed E-state index contributed by atoms with van der Waals surface area (Å²) in [5.74, 6) is -0.763. The monoisotopic (exact) mass is 225 g/mol. The van der Waals surface area contributed by atoms with Gasteiger partial charge >= 0.3 is 5.97 Å². The highest BCUT2D eigenvalue weighted by Gasteiger charge is 2.32. The first-order valence-corrected chi connectivity index (χ1v) is 4.85. The van der Waals surface area contributed by atoms with Crippen molar-refractivity contribution in [2.75, 3.05) is 7.11 Å². The summed E-state index contributed by atoms with van der Waals surface area (Å²) in [7, 11) is 1.19. The van der Waals surface area contributed by atoms with Crippen LogP contribution in [0.1, 0.15) is 12.5 Å². The molecule has 0 saturated heterocycles. The molecule has 1 N–H and O–H groups in total. The van der Waals surface area contributed by atoms with Crippen molar-refractivity contribution in [1.82, 2.24) is 4.57 Å². The van der Waals surface area contributed by atoms with E-state index < -0.39 is 11.6 Å². The molecule has 5 nitrogen and oxygen atoms in total. The van der Waals surface area contributed by atoms with Gasteiger partial charge in [0, 0.05) is 11.8 Å². The molecule has 0 aliphatic rings. The molecule has 1 heterocycles. The smallest absolute Gasteiger partial charge is 0.339 e. The lowest BCUT2D eigenvalue weighted by Crippen LogP contribution is -2.43. The van der Waals surface area contributed by atoms with Gasteiger partial charge in [-0.1, -0.05) is 6.07 Å². The largest absolute Gasteiger partial charge is 0.467 e. The minimum absolute atomic E-state index is 0.125. The van der Waals surface area contributed by atoms with Gasteiger partial charge in [-0.2, -0.15) is 0 Å². The topological polar surface area (TPSA) is 68.5 Å². The van der Waals surface area contributed by atoms with Gasteiger partial charge in [0.05, 0.1) is 13.7 Å². The highest BCUT2D eigenvalue weighted by Crippen LogP contribution is 2.08. The van der Waals surface area contributed by atoms with Gasteiger partial charge in [-0.05, 0) is 19.9 Å². The van der Waals surface area contributed by atoms with Crippen molar-refractivity contribution < 1.29 is 14.6 Å². The number of aromatic nitrogens is 1. The first kappa shape index (κ1) is 12.4. The highest BCUT2D eigenvalue weighted by molar-refractivity contribution is 5.78. The molecule has 1 aromatic heterocycles. The third-order valence-corrected chi connectivity index (χ3v) is 2.31. The van der Waals surface area contributed by atoms with Crippen LogP contribution in [0.25, 0.3) is 0 Å². The Kier molecular flexibility index (Phi) is 3.49. The Bertz CT molecular complexity index is 448. The van der Waals surface area contributed by atoms with Crippen molar-refractivity contribution in [3.05, 3.63) is 34.2 Å². The van der Waals surface area contributed by atoms with Crippen molar-refractivity contribution in [2.45, 2.75) is 26.0 Å². The molecule has 1 rings (SSSR count). The Morgan fingerprint density at radius 3 is 2.81 bits per heavy atom. The van der Waals surface area contributed by atoms with E-state index in [1.807, 2.05) is 0 Å². The van der Waals surface area contributed by atoms with Crippen LogP contribution >= 0.6 is 0 Å². The van der Waals surface area contributed by atoms with Crippen LogP contribution in [0.15, 0.2) is 23.1 Å². The number of carbonyl (C=O) groups excluding carboxylic acids is 1. The molecular formula is C11H15NO4. The maximum absolute atomic E-state index is 11.7. The molecule has 0 aliphatic heterocycles. The van der Waals surface area contributed by atoms with Crippen LogP contribution in [0.4, 0.5) is 0 Å². The number of esters is 1. The van der Waals surface area contributed by atoms with E-state index in [-0.39, 0.29) is 12.1 Å². The summed E-state index contributed by atoms with van der Waals surface area (Å²) in [5.41, 5.74) is -1.37. The second-order valence-electron chi connectivity index (χ2n) is 3.89. The fourth-order valence-electron chi connectivity index (χ4n) is 1.40. The lowest BCUT2D eigenvalue weighted by molar-refractivity contribution is -0.161. The molecule has 1 aromatic rings. The molecule has 1 atom stereocenters. The molecule has 0 bridgehead atoms. The fraction of sp³-hybridized carbons (Fsp3) is 0.455. The number of rotatable bonds is 3. The van der Waals surface area contributed by atoms with Crippen LogP contribution in [0.2, 0.25) is 0 Å². The van der Waals surface area contributed by atoms with Gasteiger partial charge in [-0.15, -0.1) is 0 Å². The molecule has 0 aliphatic carbocycles. The second kappa shape index (κ2) is 4.49. The third-order valence-electron chi connectivity index (χ3n) is 2.31. The molecule has 1 unspecified atom stereocenters. The number of pyridine rings is 1. The lowest BCUT2D eigenvalue weighted by atomic mass is 10.1. The molecule has 88 valence electrons. The number of nitrogens with zero attached hydrogens (tertiary/aromatic N) is 1. The zero-order chi connectivity index (χ0) is 12.3. The van der Waals surface area contributed by atoms with Gasteiger partial charge in [-0.25, -0.2) is 4.79 Å². The molecule has 16 heavy (non-hydrogen) atoms. The fourth-order valence-corrected chi connectivity index (χ4v) is 1.40. The minimum atomic E-state index is -1.70. The van der Waals surface area contributed by atoms with Gasteiger partial charge in [0.1, 0.15) is 0 Å². The molecule has 0 spiro atoms. The van der Waals surface area contributed by atoms with Crippen molar-refractivity contribution in [3.63, 3.8) is 0 Å². The van der Waals surface area contributed by atoms with Crippen LogP contribution in [0, 0.1) is 6.92 Å². The van der Waals surface area contributed by atoms with E-state index in [4.69, 9.17) is 0 Å². The van der Waals surface area contributed by atoms with Gasteiger partial charge < -0.3 is 14.4 Å². The minimum Gasteiger partial charge on any atom is -0.467 e. The number of hydrogen-bond donors (Lipinski definition) is 1. The van der Waals surface area contributed by atoms with E-state index in [1.165, 1.54) is 24.8 Å². The van der Waals surface area contributed by atoms with Gasteiger partial charge in [0.25, 0.3) is 5.56 Å². The number of ether oxygens (including phenoxy) is 1. The Morgan fingerprint density at radius 1 is 1.62 bits per heavy atom. The predicted molar refractivity (Wildman–Crippen MR) is 58.1 cm³/mol. The first-order valence-electron chi connectivity index (χ1n) is 4.85. The summed E-state index contributed by atoms with van der Waals surface area (Å²) >= 11 is 0. The maximum atomic E-state index is 11.7. The Labute approximate surface area is 93.3 Å². The van der Waals surface area contributed by atoms with Gasteiger partial charge in [0.2, 0.25) is 0 Å². The zero-order valence-electron chi connectivity index (χ0n) is 9.56. The van der Waals surface area contributed by atoms with E-state index >= 15 is 0 Å². The molecule has 0 fully saturated rings. The lowest BCUT2D eigenvalue weighted by Gasteiger charge is -2.21. The summed E-state index contributed by atoms with van der Waals surface area (Å²) < 4.78 is 5.74. The second-order valence-corrected chi connectivity index (χ2v) is 3.89. The molecular weight excluding hydrogens is 210 g/mol. The number of hydrogen-bond acceptors (Lipinski definition) is 4. The van der Waals surface area contributed by atoms with E-state index in [9.17, 15) is 14.7 Å². The summed E-state index contributed by atoms with van der Waals surface area (Å²) in [6.45, 7) is 2.86.